The van der Waals surface area contributed by atoms with E-state index in [1.807, 2.05) is 12.1 Å². The van der Waals surface area contributed by atoms with E-state index in [2.05, 4.69) is 20.4 Å². The van der Waals surface area contributed by atoms with Gasteiger partial charge in [0, 0.05) is 36.4 Å². The number of nitrogens with zero attached hydrogens (tertiary/aromatic N) is 2. The number of amides is 2. The van der Waals surface area contributed by atoms with Crippen LogP contribution in [0.25, 0.3) is 0 Å². The van der Waals surface area contributed by atoms with Gasteiger partial charge < -0.3 is 20.3 Å². The molecule has 0 aromatic heterocycles. The summed E-state index contributed by atoms with van der Waals surface area (Å²) >= 11 is 6.04. The first kappa shape index (κ1) is 23.1. The van der Waals surface area contributed by atoms with Crippen molar-refractivity contribution in [1.29, 1.82) is 0 Å². The Balaban J connectivity index is 1.52. The quantitative estimate of drug-likeness (QED) is 0.636. The molecule has 0 saturated carbocycles. The Morgan fingerprint density at radius 2 is 1.78 bits per heavy atom. The van der Waals surface area contributed by atoms with Crippen LogP contribution in [0.3, 0.4) is 0 Å². The summed E-state index contributed by atoms with van der Waals surface area (Å²) in [7, 11) is 0. The molecule has 3 aliphatic rings. The van der Waals surface area contributed by atoms with Gasteiger partial charge in [-0.15, -0.1) is 0 Å². The minimum absolute atomic E-state index is 0.276. The zero-order chi connectivity index (χ0) is 22.5. The van der Waals surface area contributed by atoms with Gasteiger partial charge in [0.1, 0.15) is 0 Å². The lowest BCUT2D eigenvalue weighted by atomic mass is 9.94. The van der Waals surface area contributed by atoms with E-state index in [4.69, 9.17) is 16.3 Å². The first-order chi connectivity index (χ1) is 15.5. The fourth-order valence-electron chi connectivity index (χ4n) is 5.05. The third-order valence-corrected chi connectivity index (χ3v) is 6.95. The normalized spacial score (nSPS) is 23.6. The molecule has 0 aliphatic carbocycles. The molecule has 1 atom stereocenters. The van der Waals surface area contributed by atoms with Gasteiger partial charge in [0.15, 0.2) is 0 Å². The molecule has 0 radical (unpaired) electrons. The number of halogens is 1. The van der Waals surface area contributed by atoms with Gasteiger partial charge in [-0.2, -0.15) is 0 Å². The molecule has 2 amide bonds. The average Bonchev–Trinajstić information content (AvgIpc) is 2.80. The molecule has 174 valence electrons. The highest BCUT2D eigenvalue weighted by atomic mass is 35.5. The number of carbonyl (C=O) groups excluding carboxylic acids is 2. The molecule has 3 aliphatic heterocycles. The number of carbonyl (C=O) groups is 2. The minimum atomic E-state index is -0.569. The van der Waals surface area contributed by atoms with E-state index in [1.54, 1.807) is 19.1 Å². The van der Waals surface area contributed by atoms with Crippen LogP contribution in [0.4, 0.5) is 4.79 Å². The maximum Gasteiger partial charge on any atom is 0.338 e. The molecule has 2 fully saturated rings. The number of hydrogen-bond acceptors (Lipinski definition) is 5. The van der Waals surface area contributed by atoms with Gasteiger partial charge in [-0.25, -0.2) is 9.59 Å². The number of ether oxygens (including phenoxy) is 1. The van der Waals surface area contributed by atoms with Crippen molar-refractivity contribution in [3.8, 4) is 0 Å². The van der Waals surface area contributed by atoms with Gasteiger partial charge in [0.2, 0.25) is 0 Å². The number of rotatable bonds is 6. The Morgan fingerprint density at radius 3 is 2.44 bits per heavy atom. The van der Waals surface area contributed by atoms with Crippen LogP contribution in [0.5, 0.6) is 0 Å². The van der Waals surface area contributed by atoms with E-state index in [0.717, 1.165) is 31.5 Å². The maximum absolute atomic E-state index is 12.9. The molecule has 7 nitrogen and oxygen atoms in total. The molecular weight excluding hydrogens is 428 g/mol. The lowest BCUT2D eigenvalue weighted by Crippen LogP contribution is -2.51. The number of benzene rings is 1. The fraction of sp³-hybridized carbons (Fsp3) is 0.583. The van der Waals surface area contributed by atoms with Crippen LogP contribution in [-0.4, -0.2) is 67.2 Å². The molecule has 8 heteroatoms. The zero-order valence-corrected chi connectivity index (χ0v) is 19.5. The lowest BCUT2D eigenvalue weighted by molar-refractivity contribution is -0.139. The van der Waals surface area contributed by atoms with Crippen LogP contribution >= 0.6 is 11.6 Å². The summed E-state index contributed by atoms with van der Waals surface area (Å²) in [6.45, 7) is 6.93. The van der Waals surface area contributed by atoms with Crippen molar-refractivity contribution in [3.05, 3.63) is 46.1 Å². The highest BCUT2D eigenvalue weighted by Crippen LogP contribution is 2.30. The number of likely N-dealkylation sites (tertiary alicyclic amines) is 2. The summed E-state index contributed by atoms with van der Waals surface area (Å²) < 4.78 is 5.37. The first-order valence-corrected chi connectivity index (χ1v) is 12.1. The Bertz CT molecular complexity index is 843. The summed E-state index contributed by atoms with van der Waals surface area (Å²) in [6.07, 6.45) is 6.20. The molecule has 32 heavy (non-hydrogen) atoms. The number of esters is 1. The predicted molar refractivity (Wildman–Crippen MR) is 124 cm³/mol. The second-order valence-electron chi connectivity index (χ2n) is 8.80. The third-order valence-electron chi connectivity index (χ3n) is 6.70. The number of hydrogen-bond donors (Lipinski definition) is 2. The number of urea groups is 1. The third kappa shape index (κ3) is 5.45. The summed E-state index contributed by atoms with van der Waals surface area (Å²) in [5, 5.41) is 6.38. The standard InChI is InChI=1S/C24H33ClN4O3/c1-2-32-23(30)21-20(26-24(31)27-22(21)17-6-8-18(25)9-7-17)16-28-14-10-19(11-15-28)29-12-4-3-5-13-29/h6-9,19,22H,2-5,10-16H2,1H3,(H2,26,27,31)/t22-/m0/s1. The van der Waals surface area contributed by atoms with E-state index < -0.39 is 12.0 Å². The van der Waals surface area contributed by atoms with Crippen molar-refractivity contribution < 1.29 is 14.3 Å². The van der Waals surface area contributed by atoms with Gasteiger partial charge in [-0.1, -0.05) is 30.2 Å². The minimum Gasteiger partial charge on any atom is -0.463 e. The Kier molecular flexibility index (Phi) is 7.71. The Labute approximate surface area is 195 Å². The topological polar surface area (TPSA) is 73.9 Å². The molecule has 0 spiro atoms. The molecular formula is C24H33ClN4O3. The van der Waals surface area contributed by atoms with E-state index in [1.165, 1.54) is 32.4 Å². The van der Waals surface area contributed by atoms with Crippen molar-refractivity contribution >= 4 is 23.6 Å². The first-order valence-electron chi connectivity index (χ1n) is 11.7. The summed E-state index contributed by atoms with van der Waals surface area (Å²) in [6, 6.07) is 6.96. The molecule has 1 aromatic carbocycles. The van der Waals surface area contributed by atoms with Crippen molar-refractivity contribution in [2.24, 2.45) is 0 Å². The van der Waals surface area contributed by atoms with E-state index >= 15 is 0 Å². The number of nitrogens with one attached hydrogen (secondary N) is 2. The van der Waals surface area contributed by atoms with Gasteiger partial charge in [-0.3, -0.25) is 4.90 Å². The second-order valence-corrected chi connectivity index (χ2v) is 9.24. The van der Waals surface area contributed by atoms with Gasteiger partial charge in [0.05, 0.1) is 18.2 Å². The van der Waals surface area contributed by atoms with Gasteiger partial charge in [0.25, 0.3) is 0 Å². The highest BCUT2D eigenvalue weighted by Gasteiger charge is 2.35. The zero-order valence-electron chi connectivity index (χ0n) is 18.7. The van der Waals surface area contributed by atoms with E-state index in [9.17, 15) is 9.59 Å². The largest absolute Gasteiger partial charge is 0.463 e. The van der Waals surface area contributed by atoms with Crippen LogP contribution < -0.4 is 10.6 Å². The Morgan fingerprint density at radius 1 is 1.09 bits per heavy atom. The van der Waals surface area contributed by atoms with Crippen LogP contribution in [-0.2, 0) is 9.53 Å². The van der Waals surface area contributed by atoms with Gasteiger partial charge >= 0.3 is 12.0 Å². The average molecular weight is 461 g/mol. The maximum atomic E-state index is 12.9. The molecule has 3 heterocycles. The van der Waals surface area contributed by atoms with Gasteiger partial charge in [-0.05, 0) is 63.4 Å². The summed E-state index contributed by atoms with van der Waals surface area (Å²) in [5.74, 6) is -0.404. The van der Waals surface area contributed by atoms with Crippen LogP contribution in [0.1, 0.15) is 50.6 Å². The highest BCUT2D eigenvalue weighted by molar-refractivity contribution is 6.30. The van der Waals surface area contributed by atoms with Crippen molar-refractivity contribution in [3.63, 3.8) is 0 Å². The second kappa shape index (κ2) is 10.7. The molecule has 1 aromatic rings. The summed E-state index contributed by atoms with van der Waals surface area (Å²) in [5.41, 5.74) is 1.89. The fourth-order valence-corrected chi connectivity index (χ4v) is 5.17. The molecule has 0 bridgehead atoms. The molecule has 2 saturated heterocycles. The summed E-state index contributed by atoms with van der Waals surface area (Å²) in [4.78, 5) is 30.4. The molecule has 2 N–H and O–H groups in total. The van der Waals surface area contributed by atoms with Crippen molar-refractivity contribution in [2.45, 2.75) is 51.1 Å². The SMILES string of the molecule is CCOC(=O)C1=C(CN2CCC(N3CCCCC3)CC2)NC(=O)N[C@H]1c1ccc(Cl)cc1. The molecule has 4 rings (SSSR count). The smallest absolute Gasteiger partial charge is 0.338 e. The molecule has 0 unspecified atom stereocenters. The predicted octanol–water partition coefficient (Wildman–Crippen LogP) is 3.46. The van der Waals surface area contributed by atoms with E-state index in [-0.39, 0.29) is 12.6 Å². The lowest BCUT2D eigenvalue weighted by Gasteiger charge is -2.41. The van der Waals surface area contributed by atoms with Crippen molar-refractivity contribution in [2.75, 3.05) is 39.3 Å². The Hall–Kier alpha value is -2.09. The van der Waals surface area contributed by atoms with Crippen LogP contribution in [0.2, 0.25) is 5.02 Å². The van der Waals surface area contributed by atoms with Crippen LogP contribution in [0.15, 0.2) is 35.5 Å². The van der Waals surface area contributed by atoms with E-state index in [0.29, 0.717) is 28.9 Å². The number of piperidine rings is 2. The van der Waals surface area contributed by atoms with Crippen molar-refractivity contribution in [1.82, 2.24) is 20.4 Å². The van der Waals surface area contributed by atoms with Crippen LogP contribution in [0, 0.1) is 0 Å². The monoisotopic (exact) mass is 460 g/mol.